The molecule has 4 rings (SSSR count). The van der Waals surface area contributed by atoms with E-state index in [1.54, 1.807) is 0 Å². The third kappa shape index (κ3) is 3.48. The fourth-order valence-electron chi connectivity index (χ4n) is 2.78. The number of carbonyl (C=O) groups excluding carboxylic acids is 1. The summed E-state index contributed by atoms with van der Waals surface area (Å²) in [6, 6.07) is 11.2. The number of thiazole rings is 1. The molecule has 0 aliphatic carbocycles. The van der Waals surface area contributed by atoms with Crippen LogP contribution in [0, 0.1) is 27.7 Å². The van der Waals surface area contributed by atoms with Crippen LogP contribution in [0.1, 0.15) is 32.6 Å². The zero-order valence-corrected chi connectivity index (χ0v) is 16.8. The van der Waals surface area contributed by atoms with Crippen LogP contribution in [0.3, 0.4) is 0 Å². The van der Waals surface area contributed by atoms with Crippen molar-refractivity contribution in [3.63, 3.8) is 0 Å². The number of aromatic nitrogens is 2. The zero-order valence-electron chi connectivity index (χ0n) is 16.0. The maximum Gasteiger partial charge on any atom is 0.267 e. The van der Waals surface area contributed by atoms with Crippen LogP contribution in [0.5, 0.6) is 0 Å². The molecule has 0 spiro atoms. The highest BCUT2D eigenvalue weighted by Crippen LogP contribution is 2.30. The Bertz CT molecular complexity index is 1150. The highest BCUT2D eigenvalue weighted by atomic mass is 32.1. The lowest BCUT2D eigenvalue weighted by molar-refractivity contribution is 0.103. The van der Waals surface area contributed by atoms with Gasteiger partial charge in [-0.1, -0.05) is 6.07 Å². The lowest BCUT2D eigenvalue weighted by Gasteiger charge is -2.05. The summed E-state index contributed by atoms with van der Waals surface area (Å²) in [6.45, 7) is 7.47. The van der Waals surface area contributed by atoms with Gasteiger partial charge in [-0.2, -0.15) is 0 Å². The average Bonchev–Trinajstić information content (AvgIpc) is 3.35. The third-order valence-electron chi connectivity index (χ3n) is 4.35. The van der Waals surface area contributed by atoms with Crippen LogP contribution in [0.15, 0.2) is 45.2 Å². The molecule has 0 unspecified atom stereocenters. The Morgan fingerprint density at radius 1 is 1.00 bits per heavy atom. The number of hydrogen-bond acceptors (Lipinski definition) is 6. The van der Waals surface area contributed by atoms with Crippen LogP contribution in [-0.2, 0) is 0 Å². The van der Waals surface area contributed by atoms with E-state index < -0.39 is 0 Å². The van der Waals surface area contributed by atoms with E-state index >= 15 is 0 Å². The van der Waals surface area contributed by atoms with E-state index in [9.17, 15) is 4.79 Å². The summed E-state index contributed by atoms with van der Waals surface area (Å²) in [4.78, 5) is 22.2. The zero-order chi connectivity index (χ0) is 19.8. The molecule has 7 heteroatoms. The van der Waals surface area contributed by atoms with E-state index in [4.69, 9.17) is 8.83 Å². The number of oxazole rings is 1. The smallest absolute Gasteiger partial charge is 0.267 e. The molecule has 0 fully saturated rings. The van der Waals surface area contributed by atoms with E-state index in [0.717, 1.165) is 22.8 Å². The molecular formula is C21H19N3O3S. The minimum Gasteiger partial charge on any atom is -0.459 e. The van der Waals surface area contributed by atoms with Gasteiger partial charge in [-0.15, -0.1) is 11.3 Å². The molecule has 3 aromatic heterocycles. The first kappa shape index (κ1) is 18.2. The third-order valence-corrected chi connectivity index (χ3v) is 5.52. The molecule has 0 aliphatic heterocycles. The van der Waals surface area contributed by atoms with E-state index in [-0.39, 0.29) is 5.91 Å². The average molecular weight is 393 g/mol. The van der Waals surface area contributed by atoms with Gasteiger partial charge < -0.3 is 14.2 Å². The largest absolute Gasteiger partial charge is 0.459 e. The van der Waals surface area contributed by atoms with Gasteiger partial charge in [0.25, 0.3) is 5.91 Å². The first-order valence-corrected chi connectivity index (χ1v) is 9.62. The Balaban J connectivity index is 1.57. The van der Waals surface area contributed by atoms with Crippen LogP contribution in [0.25, 0.3) is 22.2 Å². The number of hydrogen-bond donors (Lipinski definition) is 1. The highest BCUT2D eigenvalue weighted by molar-refractivity contribution is 7.17. The fourth-order valence-corrected chi connectivity index (χ4v) is 3.70. The standard InChI is InChI=1S/C21H19N3O3S/c1-11-8-9-17(26-11)21-23-13(3)18(28-21)19(25)24-16-7-5-6-15(10-16)20-22-12(2)14(4)27-20/h5-10H,1-4H3,(H,24,25). The predicted octanol–water partition coefficient (Wildman–Crippen LogP) is 5.54. The van der Waals surface area contributed by atoms with Crippen molar-refractivity contribution in [2.24, 2.45) is 0 Å². The molecule has 1 N–H and O–H groups in total. The van der Waals surface area contributed by atoms with Crippen LogP contribution in [0.2, 0.25) is 0 Å². The SMILES string of the molecule is Cc1ccc(-c2nc(C)c(C(=O)Nc3cccc(-c4nc(C)c(C)o4)c3)s2)o1. The van der Waals surface area contributed by atoms with Crippen LogP contribution in [-0.4, -0.2) is 15.9 Å². The summed E-state index contributed by atoms with van der Waals surface area (Å²) in [6.07, 6.45) is 0. The molecule has 28 heavy (non-hydrogen) atoms. The lowest BCUT2D eigenvalue weighted by atomic mass is 10.2. The van der Waals surface area contributed by atoms with E-state index in [0.29, 0.717) is 32.9 Å². The molecule has 3 heterocycles. The monoisotopic (exact) mass is 393 g/mol. The lowest BCUT2D eigenvalue weighted by Crippen LogP contribution is -2.11. The molecule has 4 aromatic rings. The van der Waals surface area contributed by atoms with Gasteiger partial charge >= 0.3 is 0 Å². The van der Waals surface area contributed by atoms with Crippen LogP contribution < -0.4 is 5.32 Å². The number of carbonyl (C=O) groups is 1. The summed E-state index contributed by atoms with van der Waals surface area (Å²) < 4.78 is 11.3. The Morgan fingerprint density at radius 3 is 2.50 bits per heavy atom. The number of nitrogens with one attached hydrogen (secondary N) is 1. The van der Waals surface area contributed by atoms with Crippen molar-refractivity contribution < 1.29 is 13.6 Å². The second-order valence-electron chi connectivity index (χ2n) is 6.54. The topological polar surface area (TPSA) is 81.2 Å². The number of rotatable bonds is 4. The number of aryl methyl sites for hydroxylation is 4. The molecule has 142 valence electrons. The summed E-state index contributed by atoms with van der Waals surface area (Å²) in [5.74, 6) is 2.59. The fraction of sp³-hybridized carbons (Fsp3) is 0.190. The molecule has 1 aromatic carbocycles. The van der Waals surface area contributed by atoms with Gasteiger partial charge in [-0.05, 0) is 58.0 Å². The first-order valence-electron chi connectivity index (χ1n) is 8.81. The quantitative estimate of drug-likeness (QED) is 0.492. The maximum atomic E-state index is 12.8. The molecule has 6 nitrogen and oxygen atoms in total. The van der Waals surface area contributed by atoms with Gasteiger partial charge in [0, 0.05) is 11.3 Å². The van der Waals surface area contributed by atoms with Crippen molar-refractivity contribution >= 4 is 22.9 Å². The van der Waals surface area contributed by atoms with E-state index in [2.05, 4.69) is 15.3 Å². The Hall–Kier alpha value is -3.19. The second-order valence-corrected chi connectivity index (χ2v) is 7.54. The molecule has 0 aliphatic rings. The highest BCUT2D eigenvalue weighted by Gasteiger charge is 2.18. The van der Waals surface area contributed by atoms with Crippen molar-refractivity contribution in [1.82, 2.24) is 9.97 Å². The molecule has 0 bridgehead atoms. The molecule has 0 atom stereocenters. The summed E-state index contributed by atoms with van der Waals surface area (Å²) in [7, 11) is 0. The van der Waals surface area contributed by atoms with Crippen molar-refractivity contribution in [1.29, 1.82) is 0 Å². The first-order chi connectivity index (χ1) is 13.4. The van der Waals surface area contributed by atoms with Gasteiger partial charge in [0.05, 0.1) is 11.4 Å². The summed E-state index contributed by atoms with van der Waals surface area (Å²) in [5.41, 5.74) is 2.99. The Labute approximate surface area is 166 Å². The second kappa shape index (κ2) is 7.09. The number of nitrogens with zero attached hydrogens (tertiary/aromatic N) is 2. The van der Waals surface area contributed by atoms with Gasteiger partial charge in [0.2, 0.25) is 5.89 Å². The Kier molecular flexibility index (Phi) is 4.60. The van der Waals surface area contributed by atoms with Crippen molar-refractivity contribution in [3.05, 3.63) is 64.2 Å². The van der Waals surface area contributed by atoms with Gasteiger partial charge in [0.1, 0.15) is 16.4 Å². The van der Waals surface area contributed by atoms with Gasteiger partial charge in [-0.25, -0.2) is 9.97 Å². The van der Waals surface area contributed by atoms with Gasteiger partial charge in [-0.3, -0.25) is 4.79 Å². The van der Waals surface area contributed by atoms with Crippen molar-refractivity contribution in [2.45, 2.75) is 27.7 Å². The van der Waals surface area contributed by atoms with Crippen molar-refractivity contribution in [3.8, 4) is 22.2 Å². The van der Waals surface area contributed by atoms with Crippen molar-refractivity contribution in [2.75, 3.05) is 5.32 Å². The molecule has 1 amide bonds. The number of anilines is 1. The predicted molar refractivity (Wildman–Crippen MR) is 109 cm³/mol. The molecule has 0 radical (unpaired) electrons. The van der Waals surface area contributed by atoms with E-state index in [1.807, 2.05) is 64.1 Å². The summed E-state index contributed by atoms with van der Waals surface area (Å²) >= 11 is 1.31. The normalized spacial score (nSPS) is 11.0. The van der Waals surface area contributed by atoms with Crippen LogP contribution >= 0.6 is 11.3 Å². The van der Waals surface area contributed by atoms with E-state index in [1.165, 1.54) is 11.3 Å². The summed E-state index contributed by atoms with van der Waals surface area (Å²) in [5, 5.41) is 3.62. The maximum absolute atomic E-state index is 12.8. The molecule has 0 saturated carbocycles. The van der Waals surface area contributed by atoms with Gasteiger partial charge in [0.15, 0.2) is 10.8 Å². The molecular weight excluding hydrogens is 374 g/mol. The van der Waals surface area contributed by atoms with Crippen LogP contribution in [0.4, 0.5) is 5.69 Å². The number of furan rings is 1. The number of amides is 1. The number of benzene rings is 1. The Morgan fingerprint density at radius 2 is 1.82 bits per heavy atom. The molecule has 0 saturated heterocycles. The minimum absolute atomic E-state index is 0.207. The minimum atomic E-state index is -0.207.